The second kappa shape index (κ2) is 8.03. The number of carbonyl (C=O) groups is 2. The van der Waals surface area contributed by atoms with E-state index in [4.69, 9.17) is 23.7 Å². The van der Waals surface area contributed by atoms with Crippen LogP contribution in [0.15, 0.2) is 15.8 Å². The molecule has 1 aromatic rings. The molecule has 0 saturated carbocycles. The van der Waals surface area contributed by atoms with Gasteiger partial charge in [-0.2, -0.15) is 0 Å². The van der Waals surface area contributed by atoms with Crippen molar-refractivity contribution >= 4 is 11.9 Å². The molecule has 0 bridgehead atoms. The lowest BCUT2D eigenvalue weighted by atomic mass is 10.2. The van der Waals surface area contributed by atoms with E-state index in [0.29, 0.717) is 13.2 Å². The number of ether oxygens (including phenoxy) is 5. The van der Waals surface area contributed by atoms with Crippen molar-refractivity contribution in [2.24, 2.45) is 0 Å². The molecule has 2 saturated heterocycles. The number of aromatic nitrogens is 2. The third-order valence-corrected chi connectivity index (χ3v) is 4.13. The van der Waals surface area contributed by atoms with Crippen LogP contribution in [0.3, 0.4) is 0 Å². The molecular weight excluding hydrogens is 364 g/mol. The Hall–Kier alpha value is -2.50. The van der Waals surface area contributed by atoms with E-state index in [-0.39, 0.29) is 18.6 Å². The Bertz CT molecular complexity index is 824. The molecule has 3 atom stereocenters. The lowest BCUT2D eigenvalue weighted by Crippen LogP contribution is -2.35. The van der Waals surface area contributed by atoms with E-state index in [1.165, 1.54) is 24.6 Å². The molecule has 11 heteroatoms. The van der Waals surface area contributed by atoms with Crippen molar-refractivity contribution in [3.63, 3.8) is 0 Å². The van der Waals surface area contributed by atoms with Gasteiger partial charge in [-0.05, 0) is 0 Å². The molecule has 1 aromatic heterocycles. The van der Waals surface area contributed by atoms with Crippen LogP contribution < -0.4 is 11.2 Å². The lowest BCUT2D eigenvalue weighted by Gasteiger charge is -2.18. The average Bonchev–Trinajstić information content (AvgIpc) is 3.22. The van der Waals surface area contributed by atoms with Crippen LogP contribution in [0.25, 0.3) is 0 Å². The van der Waals surface area contributed by atoms with Crippen molar-refractivity contribution in [1.82, 2.24) is 9.55 Å². The van der Waals surface area contributed by atoms with Crippen LogP contribution in [0, 0.1) is 0 Å². The van der Waals surface area contributed by atoms with Crippen LogP contribution in [0.1, 0.15) is 38.3 Å². The highest BCUT2D eigenvalue weighted by Crippen LogP contribution is 2.31. The molecule has 3 rings (SSSR count). The molecule has 0 radical (unpaired) electrons. The van der Waals surface area contributed by atoms with Gasteiger partial charge in [0.25, 0.3) is 5.56 Å². The second-order valence-electron chi connectivity index (χ2n) is 6.14. The van der Waals surface area contributed by atoms with Crippen LogP contribution >= 0.6 is 0 Å². The topological polar surface area (TPSA) is 135 Å². The summed E-state index contributed by atoms with van der Waals surface area (Å²) in [7, 11) is 0. The summed E-state index contributed by atoms with van der Waals surface area (Å²) in [6.07, 6.45) is -1.72. The normalized spacial score (nSPS) is 25.5. The van der Waals surface area contributed by atoms with E-state index in [9.17, 15) is 19.2 Å². The SMILES string of the molecule is CC(=O)OC[C@H]1OC(n2cc(C3OCCO3)c(=O)[nH]c2=O)C[C@@H]1OC(C)=O. The number of hydrogen-bond acceptors (Lipinski definition) is 9. The molecule has 0 aliphatic carbocycles. The molecule has 0 spiro atoms. The van der Waals surface area contributed by atoms with Crippen LogP contribution in [-0.2, 0) is 33.3 Å². The first-order chi connectivity index (χ1) is 12.8. The number of rotatable bonds is 5. The summed E-state index contributed by atoms with van der Waals surface area (Å²) in [4.78, 5) is 48.9. The van der Waals surface area contributed by atoms with Gasteiger partial charge in [-0.25, -0.2) is 4.79 Å². The number of H-pyrrole nitrogens is 1. The number of carbonyl (C=O) groups excluding carboxylic acids is 2. The van der Waals surface area contributed by atoms with Crippen LogP contribution in [0.2, 0.25) is 0 Å². The molecule has 2 fully saturated rings. The molecule has 3 heterocycles. The van der Waals surface area contributed by atoms with Crippen molar-refractivity contribution in [2.75, 3.05) is 19.8 Å². The molecule has 11 nitrogen and oxygen atoms in total. The van der Waals surface area contributed by atoms with Crippen LogP contribution in [-0.4, -0.2) is 53.5 Å². The molecule has 0 aromatic carbocycles. The first-order valence-electron chi connectivity index (χ1n) is 8.39. The third kappa shape index (κ3) is 4.43. The minimum Gasteiger partial charge on any atom is -0.463 e. The Kier molecular flexibility index (Phi) is 5.73. The van der Waals surface area contributed by atoms with Crippen molar-refractivity contribution in [3.8, 4) is 0 Å². The smallest absolute Gasteiger partial charge is 0.330 e. The van der Waals surface area contributed by atoms with Gasteiger partial charge in [0.05, 0.1) is 18.8 Å². The minimum atomic E-state index is -0.872. The summed E-state index contributed by atoms with van der Waals surface area (Å²) >= 11 is 0. The largest absolute Gasteiger partial charge is 0.463 e. The van der Waals surface area contributed by atoms with Crippen LogP contribution in [0.4, 0.5) is 0 Å². The maximum Gasteiger partial charge on any atom is 0.330 e. The zero-order valence-corrected chi connectivity index (χ0v) is 14.8. The van der Waals surface area contributed by atoms with Crippen LogP contribution in [0.5, 0.6) is 0 Å². The zero-order valence-electron chi connectivity index (χ0n) is 14.8. The van der Waals surface area contributed by atoms with E-state index in [1.807, 2.05) is 0 Å². The number of esters is 2. The van der Waals surface area contributed by atoms with Gasteiger partial charge in [-0.1, -0.05) is 0 Å². The maximum atomic E-state index is 12.2. The van der Waals surface area contributed by atoms with Gasteiger partial charge in [-0.3, -0.25) is 23.9 Å². The van der Waals surface area contributed by atoms with Gasteiger partial charge < -0.3 is 23.7 Å². The molecular formula is C16H20N2O9. The van der Waals surface area contributed by atoms with E-state index in [2.05, 4.69) is 4.98 Å². The lowest BCUT2D eigenvalue weighted by molar-refractivity contribution is -0.155. The van der Waals surface area contributed by atoms with E-state index in [1.54, 1.807) is 0 Å². The van der Waals surface area contributed by atoms with Gasteiger partial charge in [-0.15, -0.1) is 0 Å². The fourth-order valence-corrected chi connectivity index (χ4v) is 2.98. The highest BCUT2D eigenvalue weighted by atomic mass is 16.7. The maximum absolute atomic E-state index is 12.2. The molecule has 148 valence electrons. The molecule has 2 aliphatic heterocycles. The van der Waals surface area contributed by atoms with Gasteiger partial charge in [0, 0.05) is 26.5 Å². The third-order valence-electron chi connectivity index (χ3n) is 4.13. The highest BCUT2D eigenvalue weighted by molar-refractivity contribution is 5.66. The molecule has 2 aliphatic rings. The second-order valence-corrected chi connectivity index (χ2v) is 6.14. The monoisotopic (exact) mass is 384 g/mol. The Morgan fingerprint density at radius 2 is 1.93 bits per heavy atom. The number of nitrogens with zero attached hydrogens (tertiary/aromatic N) is 1. The van der Waals surface area contributed by atoms with Gasteiger partial charge in [0.1, 0.15) is 25.0 Å². The Morgan fingerprint density at radius 3 is 2.56 bits per heavy atom. The van der Waals surface area contributed by atoms with Crippen molar-refractivity contribution in [1.29, 1.82) is 0 Å². The molecule has 0 amide bonds. The fraction of sp³-hybridized carbons (Fsp3) is 0.625. The average molecular weight is 384 g/mol. The minimum absolute atomic E-state index is 0.128. The zero-order chi connectivity index (χ0) is 19.6. The van der Waals surface area contributed by atoms with E-state index >= 15 is 0 Å². The number of aromatic amines is 1. The first-order valence-corrected chi connectivity index (χ1v) is 8.39. The molecule has 1 unspecified atom stereocenters. The van der Waals surface area contributed by atoms with Gasteiger partial charge in [0.15, 0.2) is 6.29 Å². The van der Waals surface area contributed by atoms with E-state index in [0.717, 1.165) is 0 Å². The standard InChI is InChI=1S/C16H20N2O9/c1-8(19)25-7-12-11(26-9(2)20)5-13(27-12)18-6-10(14(21)17-16(18)22)15-23-3-4-24-15/h6,11-13,15H,3-5,7H2,1-2H3,(H,17,21,22)/t11-,12+,13?/m0/s1. The van der Waals surface area contributed by atoms with Crippen molar-refractivity contribution in [2.45, 2.75) is 45.0 Å². The Balaban J connectivity index is 1.85. The Morgan fingerprint density at radius 1 is 1.22 bits per heavy atom. The first kappa shape index (κ1) is 19.3. The van der Waals surface area contributed by atoms with Gasteiger partial charge in [0.2, 0.25) is 0 Å². The number of hydrogen-bond donors (Lipinski definition) is 1. The summed E-state index contributed by atoms with van der Waals surface area (Å²) in [6.45, 7) is 3.02. The molecule has 1 N–H and O–H groups in total. The summed E-state index contributed by atoms with van der Waals surface area (Å²) in [5, 5.41) is 0. The predicted octanol–water partition coefficient (Wildman–Crippen LogP) is -0.636. The molecule has 27 heavy (non-hydrogen) atoms. The summed E-state index contributed by atoms with van der Waals surface area (Å²) in [5.74, 6) is -1.04. The van der Waals surface area contributed by atoms with Crippen molar-refractivity contribution in [3.05, 3.63) is 32.6 Å². The highest BCUT2D eigenvalue weighted by Gasteiger charge is 2.40. The number of nitrogens with one attached hydrogen (secondary N) is 1. The Labute approximate surface area is 153 Å². The fourth-order valence-electron chi connectivity index (χ4n) is 2.98. The summed E-state index contributed by atoms with van der Waals surface area (Å²) in [5.41, 5.74) is -1.18. The summed E-state index contributed by atoms with van der Waals surface area (Å²) in [6, 6.07) is 0. The van der Waals surface area contributed by atoms with Gasteiger partial charge >= 0.3 is 17.6 Å². The van der Waals surface area contributed by atoms with Crippen molar-refractivity contribution < 1.29 is 33.3 Å². The van der Waals surface area contributed by atoms with E-state index < -0.39 is 47.9 Å². The quantitative estimate of drug-likeness (QED) is 0.658. The predicted molar refractivity (Wildman–Crippen MR) is 86.7 cm³/mol. The summed E-state index contributed by atoms with van der Waals surface area (Å²) < 4.78 is 27.7.